The smallest absolute Gasteiger partial charge is 0.232 e. The minimum absolute atomic E-state index is 0.493. The number of hydrogen-bond donors (Lipinski definition) is 1. The van der Waals surface area contributed by atoms with E-state index < -0.39 is 0 Å². The Hall–Kier alpha value is -1.14. The van der Waals surface area contributed by atoms with Gasteiger partial charge in [0.2, 0.25) is 11.8 Å². The lowest BCUT2D eigenvalue weighted by Crippen LogP contribution is -1.99. The van der Waals surface area contributed by atoms with Crippen molar-refractivity contribution in [2.24, 2.45) is 0 Å². The molecular weight excluding hydrogens is 350 g/mol. The van der Waals surface area contributed by atoms with Gasteiger partial charge in [-0.25, -0.2) is 4.98 Å². The van der Waals surface area contributed by atoms with Crippen LogP contribution in [0.4, 0.5) is 11.6 Å². The van der Waals surface area contributed by atoms with Crippen molar-refractivity contribution in [2.45, 2.75) is 0 Å². The molecule has 6 heteroatoms. The van der Waals surface area contributed by atoms with Crippen molar-refractivity contribution in [3.8, 4) is 5.88 Å². The number of nitrogens with one attached hydrogen (secondary N) is 1. The van der Waals surface area contributed by atoms with E-state index in [4.69, 9.17) is 4.74 Å². The van der Waals surface area contributed by atoms with Crippen LogP contribution in [0.5, 0.6) is 5.88 Å². The second kappa shape index (κ2) is 5.46. The standard InChI is InChI=1S/C11H9Br2N3O/c1-17-10-9(13)6-14-11(16-10)15-8-4-2-7(12)3-5-8/h2-6H,1H3,(H,14,15,16). The predicted octanol–water partition coefficient (Wildman–Crippen LogP) is 3.75. The third-order valence-corrected chi connectivity index (χ3v) is 3.08. The van der Waals surface area contributed by atoms with Crippen LogP contribution in [0, 0.1) is 0 Å². The van der Waals surface area contributed by atoms with Gasteiger partial charge in [0.15, 0.2) is 0 Å². The highest BCUT2D eigenvalue weighted by molar-refractivity contribution is 9.10. The highest BCUT2D eigenvalue weighted by Gasteiger charge is 2.04. The first-order chi connectivity index (χ1) is 8.19. The van der Waals surface area contributed by atoms with Crippen LogP contribution in [-0.4, -0.2) is 17.1 Å². The maximum Gasteiger partial charge on any atom is 0.232 e. The zero-order valence-electron chi connectivity index (χ0n) is 8.95. The summed E-state index contributed by atoms with van der Waals surface area (Å²) >= 11 is 6.68. The molecule has 0 fully saturated rings. The molecule has 2 aromatic rings. The van der Waals surface area contributed by atoms with Crippen LogP contribution in [0.15, 0.2) is 39.4 Å². The minimum Gasteiger partial charge on any atom is -0.480 e. The Kier molecular flexibility index (Phi) is 3.96. The molecule has 88 valence electrons. The Bertz CT molecular complexity index is 517. The molecule has 0 amide bonds. The predicted molar refractivity (Wildman–Crippen MR) is 73.7 cm³/mol. The van der Waals surface area contributed by atoms with Gasteiger partial charge in [-0.1, -0.05) is 15.9 Å². The van der Waals surface area contributed by atoms with Crippen molar-refractivity contribution in [1.82, 2.24) is 9.97 Å². The van der Waals surface area contributed by atoms with Gasteiger partial charge in [-0.3, -0.25) is 0 Å². The Morgan fingerprint density at radius 1 is 1.18 bits per heavy atom. The fraction of sp³-hybridized carbons (Fsp3) is 0.0909. The van der Waals surface area contributed by atoms with E-state index in [2.05, 4.69) is 47.1 Å². The fourth-order valence-corrected chi connectivity index (χ4v) is 1.83. The zero-order valence-corrected chi connectivity index (χ0v) is 12.1. The second-order valence-electron chi connectivity index (χ2n) is 3.18. The number of benzene rings is 1. The minimum atomic E-state index is 0.493. The number of methoxy groups -OCH3 is 1. The second-order valence-corrected chi connectivity index (χ2v) is 4.95. The van der Waals surface area contributed by atoms with Gasteiger partial charge in [0.05, 0.1) is 17.8 Å². The molecule has 1 aromatic carbocycles. The van der Waals surface area contributed by atoms with E-state index in [-0.39, 0.29) is 0 Å². The molecule has 2 rings (SSSR count). The molecule has 4 nitrogen and oxygen atoms in total. The molecule has 1 N–H and O–H groups in total. The molecule has 0 radical (unpaired) electrons. The summed E-state index contributed by atoms with van der Waals surface area (Å²) in [5.74, 6) is 0.993. The number of ether oxygens (including phenoxy) is 1. The molecule has 0 saturated carbocycles. The molecule has 1 aromatic heterocycles. The van der Waals surface area contributed by atoms with E-state index in [0.717, 1.165) is 14.6 Å². The maximum absolute atomic E-state index is 5.10. The highest BCUT2D eigenvalue weighted by Crippen LogP contribution is 2.23. The molecule has 0 saturated heterocycles. The molecule has 1 heterocycles. The van der Waals surface area contributed by atoms with Crippen molar-refractivity contribution in [1.29, 1.82) is 0 Å². The topological polar surface area (TPSA) is 47.0 Å². The number of halogens is 2. The van der Waals surface area contributed by atoms with Crippen molar-refractivity contribution in [2.75, 3.05) is 12.4 Å². The summed E-state index contributed by atoms with van der Waals surface area (Å²) in [7, 11) is 1.57. The van der Waals surface area contributed by atoms with Gasteiger partial charge in [-0.2, -0.15) is 4.98 Å². The molecule has 17 heavy (non-hydrogen) atoms. The van der Waals surface area contributed by atoms with Gasteiger partial charge < -0.3 is 10.1 Å². The summed E-state index contributed by atoms with van der Waals surface area (Å²) in [4.78, 5) is 8.35. The van der Waals surface area contributed by atoms with E-state index in [1.807, 2.05) is 24.3 Å². The molecule has 0 aliphatic carbocycles. The van der Waals surface area contributed by atoms with Crippen molar-refractivity contribution in [3.05, 3.63) is 39.4 Å². The van der Waals surface area contributed by atoms with Crippen molar-refractivity contribution >= 4 is 43.5 Å². The van der Waals surface area contributed by atoms with Gasteiger partial charge >= 0.3 is 0 Å². The molecule has 0 spiro atoms. The molecular formula is C11H9Br2N3O. The van der Waals surface area contributed by atoms with Crippen LogP contribution >= 0.6 is 31.9 Å². The molecule has 0 aliphatic heterocycles. The first-order valence-electron chi connectivity index (χ1n) is 4.78. The van der Waals surface area contributed by atoms with Gasteiger partial charge in [0.1, 0.15) is 0 Å². The van der Waals surface area contributed by atoms with E-state index in [9.17, 15) is 0 Å². The Labute approximate surface area is 116 Å². The van der Waals surface area contributed by atoms with Gasteiger partial charge in [-0.05, 0) is 40.2 Å². The first kappa shape index (κ1) is 12.3. The van der Waals surface area contributed by atoms with Crippen LogP contribution in [0.25, 0.3) is 0 Å². The Morgan fingerprint density at radius 2 is 1.88 bits per heavy atom. The number of rotatable bonds is 3. The van der Waals surface area contributed by atoms with Gasteiger partial charge in [0.25, 0.3) is 0 Å². The van der Waals surface area contributed by atoms with Crippen LogP contribution in [0.2, 0.25) is 0 Å². The normalized spacial score (nSPS) is 10.1. The number of hydrogen-bond acceptors (Lipinski definition) is 4. The van der Waals surface area contributed by atoms with Crippen LogP contribution < -0.4 is 10.1 Å². The first-order valence-corrected chi connectivity index (χ1v) is 6.37. The molecule has 0 bridgehead atoms. The zero-order chi connectivity index (χ0) is 12.3. The summed E-state index contributed by atoms with van der Waals surface area (Å²) in [6, 6.07) is 7.75. The third kappa shape index (κ3) is 3.17. The number of anilines is 2. The van der Waals surface area contributed by atoms with Crippen LogP contribution in [0.3, 0.4) is 0 Å². The lowest BCUT2D eigenvalue weighted by Gasteiger charge is -2.07. The Balaban J connectivity index is 2.21. The Morgan fingerprint density at radius 3 is 2.53 bits per heavy atom. The quantitative estimate of drug-likeness (QED) is 0.907. The lowest BCUT2D eigenvalue weighted by molar-refractivity contribution is 0.394. The average molecular weight is 359 g/mol. The van der Waals surface area contributed by atoms with Crippen molar-refractivity contribution in [3.63, 3.8) is 0 Å². The summed E-state index contributed by atoms with van der Waals surface area (Å²) in [5, 5.41) is 3.09. The van der Waals surface area contributed by atoms with E-state index in [0.29, 0.717) is 11.8 Å². The number of nitrogens with zero attached hydrogens (tertiary/aromatic N) is 2. The van der Waals surface area contributed by atoms with Crippen LogP contribution in [0.1, 0.15) is 0 Å². The van der Waals surface area contributed by atoms with Crippen LogP contribution in [-0.2, 0) is 0 Å². The third-order valence-electron chi connectivity index (χ3n) is 2.01. The van der Waals surface area contributed by atoms with E-state index in [1.165, 1.54) is 0 Å². The van der Waals surface area contributed by atoms with E-state index >= 15 is 0 Å². The summed E-state index contributed by atoms with van der Waals surface area (Å²) in [6.45, 7) is 0. The van der Waals surface area contributed by atoms with Gasteiger partial charge in [0, 0.05) is 10.2 Å². The largest absolute Gasteiger partial charge is 0.480 e. The maximum atomic E-state index is 5.10. The lowest BCUT2D eigenvalue weighted by atomic mass is 10.3. The molecule has 0 aliphatic rings. The molecule has 0 atom stereocenters. The van der Waals surface area contributed by atoms with E-state index in [1.54, 1.807) is 13.3 Å². The summed E-state index contributed by atoms with van der Waals surface area (Å²) in [6.07, 6.45) is 1.65. The monoisotopic (exact) mass is 357 g/mol. The van der Waals surface area contributed by atoms with Crippen molar-refractivity contribution < 1.29 is 4.74 Å². The number of aromatic nitrogens is 2. The summed E-state index contributed by atoms with van der Waals surface area (Å²) < 4.78 is 6.85. The summed E-state index contributed by atoms with van der Waals surface area (Å²) in [5.41, 5.74) is 0.914. The average Bonchev–Trinajstić information content (AvgIpc) is 2.34. The van der Waals surface area contributed by atoms with Gasteiger partial charge in [-0.15, -0.1) is 0 Å². The SMILES string of the molecule is COc1nc(Nc2ccc(Br)cc2)ncc1Br. The fourth-order valence-electron chi connectivity index (χ4n) is 1.22. The molecule has 0 unspecified atom stereocenters. The highest BCUT2D eigenvalue weighted by atomic mass is 79.9.